The van der Waals surface area contributed by atoms with Gasteiger partial charge in [0.05, 0.1) is 33.9 Å². The smallest absolute Gasteiger partial charge is 0.258 e. The Morgan fingerprint density at radius 3 is 2.56 bits per heavy atom. The Bertz CT molecular complexity index is 1230. The van der Waals surface area contributed by atoms with Gasteiger partial charge in [0, 0.05) is 18.8 Å². The quantitative estimate of drug-likeness (QED) is 0.713. The third-order valence-electron chi connectivity index (χ3n) is 4.91. The van der Waals surface area contributed by atoms with Crippen LogP contribution in [-0.4, -0.2) is 14.5 Å². The molecule has 0 amide bonds. The van der Waals surface area contributed by atoms with Crippen LogP contribution < -0.4 is 16.0 Å². The summed E-state index contributed by atoms with van der Waals surface area (Å²) in [7, 11) is 1.68. The lowest BCUT2D eigenvalue weighted by Crippen LogP contribution is -2.32. The summed E-state index contributed by atoms with van der Waals surface area (Å²) < 4.78 is 7.13. The van der Waals surface area contributed by atoms with Crippen molar-refractivity contribution in [1.82, 2.24) is 14.5 Å². The van der Waals surface area contributed by atoms with E-state index in [1.54, 1.807) is 20.0 Å². The highest BCUT2D eigenvalue weighted by Gasteiger charge is 2.36. The first-order valence-electron chi connectivity index (χ1n) is 8.43. The minimum Gasteiger partial charge on any atom is -0.440 e. The van der Waals surface area contributed by atoms with Crippen molar-refractivity contribution in [2.75, 3.05) is 0 Å². The van der Waals surface area contributed by atoms with Crippen molar-refractivity contribution >= 4 is 11.0 Å². The zero-order valence-electron chi connectivity index (χ0n) is 15.1. The van der Waals surface area contributed by atoms with Gasteiger partial charge in [-0.15, -0.1) is 0 Å². The van der Waals surface area contributed by atoms with Gasteiger partial charge in [0.2, 0.25) is 5.88 Å². The average molecular weight is 359 g/mol. The number of aryl methyl sites for hydroxylation is 2. The van der Waals surface area contributed by atoms with E-state index in [0.717, 1.165) is 11.2 Å². The van der Waals surface area contributed by atoms with Crippen molar-refractivity contribution in [2.45, 2.75) is 19.8 Å². The average Bonchev–Trinajstić information content (AvgIpc) is 2.65. The second-order valence-electron chi connectivity index (χ2n) is 6.54. The molecule has 7 nitrogen and oxygen atoms in total. The van der Waals surface area contributed by atoms with Crippen LogP contribution in [0.15, 0.2) is 46.6 Å². The second kappa shape index (κ2) is 5.95. The first-order valence-corrected chi connectivity index (χ1v) is 8.43. The van der Waals surface area contributed by atoms with Gasteiger partial charge in [-0.1, -0.05) is 12.1 Å². The van der Waals surface area contributed by atoms with Crippen molar-refractivity contribution in [3.63, 3.8) is 0 Å². The number of pyridine rings is 1. The number of ether oxygens (including phenoxy) is 1. The lowest BCUT2D eigenvalue weighted by Gasteiger charge is -2.26. The van der Waals surface area contributed by atoms with E-state index in [1.165, 1.54) is 4.57 Å². The first-order chi connectivity index (χ1) is 12.9. The van der Waals surface area contributed by atoms with Crippen molar-refractivity contribution in [3.8, 4) is 11.8 Å². The van der Waals surface area contributed by atoms with Gasteiger partial charge in [0.25, 0.3) is 5.56 Å². The number of para-hydroxylation sites is 2. The molecule has 1 aliphatic heterocycles. The molecule has 7 heteroatoms. The highest BCUT2D eigenvalue weighted by atomic mass is 16.5. The molecule has 0 fully saturated rings. The summed E-state index contributed by atoms with van der Waals surface area (Å²) in [5.74, 6) is -0.390. The molecule has 134 valence electrons. The molecule has 3 aromatic rings. The van der Waals surface area contributed by atoms with E-state index < -0.39 is 5.92 Å². The Morgan fingerprint density at radius 2 is 1.89 bits per heavy atom. The Morgan fingerprint density at radius 1 is 1.22 bits per heavy atom. The molecular formula is C20H17N5O2. The number of nitriles is 1. The maximum Gasteiger partial charge on any atom is 0.258 e. The lowest BCUT2D eigenvalue weighted by atomic mass is 9.86. The van der Waals surface area contributed by atoms with Crippen molar-refractivity contribution in [2.24, 2.45) is 12.8 Å². The molecule has 0 saturated heterocycles. The highest BCUT2D eigenvalue weighted by Crippen LogP contribution is 2.40. The molecule has 0 bridgehead atoms. The zero-order chi connectivity index (χ0) is 19.3. The molecule has 0 saturated carbocycles. The molecule has 1 aromatic carbocycles. The van der Waals surface area contributed by atoms with E-state index in [2.05, 4.69) is 11.1 Å². The molecule has 4 rings (SSSR count). The number of rotatable bonds is 1. The third kappa shape index (κ3) is 2.46. The molecule has 2 aromatic heterocycles. The maximum absolute atomic E-state index is 13.0. The number of hydrogen-bond donors (Lipinski definition) is 1. The van der Waals surface area contributed by atoms with Crippen LogP contribution in [0.3, 0.4) is 0 Å². The van der Waals surface area contributed by atoms with Gasteiger partial charge in [0.15, 0.2) is 0 Å². The normalized spacial score (nSPS) is 16.0. The molecule has 0 spiro atoms. The van der Waals surface area contributed by atoms with Crippen molar-refractivity contribution < 1.29 is 4.74 Å². The topological polar surface area (TPSA) is 107 Å². The van der Waals surface area contributed by atoms with E-state index in [-0.39, 0.29) is 17.0 Å². The number of allylic oxidation sites excluding steroid dienone is 1. The third-order valence-corrected chi connectivity index (χ3v) is 4.91. The summed E-state index contributed by atoms with van der Waals surface area (Å²) in [6.45, 7) is 3.62. The second-order valence-corrected chi connectivity index (χ2v) is 6.54. The van der Waals surface area contributed by atoms with Gasteiger partial charge in [-0.05, 0) is 26.0 Å². The largest absolute Gasteiger partial charge is 0.440 e. The molecule has 1 atom stereocenters. The van der Waals surface area contributed by atoms with Crippen LogP contribution >= 0.6 is 0 Å². The van der Waals surface area contributed by atoms with Gasteiger partial charge in [0.1, 0.15) is 17.4 Å². The van der Waals surface area contributed by atoms with Gasteiger partial charge >= 0.3 is 0 Å². The predicted octanol–water partition coefficient (Wildman–Crippen LogP) is 2.16. The fraction of sp³-hybridized carbons (Fsp3) is 0.200. The van der Waals surface area contributed by atoms with Gasteiger partial charge in [-0.3, -0.25) is 4.79 Å². The van der Waals surface area contributed by atoms with Crippen LogP contribution in [0.1, 0.15) is 28.6 Å². The van der Waals surface area contributed by atoms with Crippen LogP contribution in [0, 0.1) is 25.2 Å². The summed E-state index contributed by atoms with van der Waals surface area (Å²) in [6.07, 6.45) is 0. The van der Waals surface area contributed by atoms with E-state index in [0.29, 0.717) is 28.2 Å². The van der Waals surface area contributed by atoms with Crippen molar-refractivity contribution in [3.05, 3.63) is 74.8 Å². The van der Waals surface area contributed by atoms with Crippen molar-refractivity contribution in [1.29, 1.82) is 5.26 Å². The number of benzene rings is 1. The van der Waals surface area contributed by atoms with E-state index in [4.69, 9.17) is 15.5 Å². The van der Waals surface area contributed by atoms with E-state index >= 15 is 0 Å². The Kier molecular flexibility index (Phi) is 3.70. The Balaban J connectivity index is 2.08. The van der Waals surface area contributed by atoms with Crippen LogP contribution in [-0.2, 0) is 7.05 Å². The SMILES string of the molecule is Cc1nc2ccccc2nc1C1C(C#N)=C(N)Oc2cc(C)n(C)c(=O)c21. The Hall–Kier alpha value is -3.66. The number of nitrogens with zero attached hydrogens (tertiary/aromatic N) is 4. The molecule has 0 aliphatic carbocycles. The minimum atomic E-state index is -0.727. The molecule has 27 heavy (non-hydrogen) atoms. The monoisotopic (exact) mass is 359 g/mol. The summed E-state index contributed by atoms with van der Waals surface area (Å²) in [5, 5.41) is 9.71. The van der Waals surface area contributed by atoms with Crippen LogP contribution in [0.2, 0.25) is 0 Å². The minimum absolute atomic E-state index is 0.0167. The van der Waals surface area contributed by atoms with Gasteiger partial charge in [-0.25, -0.2) is 9.97 Å². The number of nitrogens with two attached hydrogens (primary N) is 1. The number of aromatic nitrogens is 3. The molecule has 3 heterocycles. The van der Waals surface area contributed by atoms with Crippen LogP contribution in [0.25, 0.3) is 11.0 Å². The fourth-order valence-electron chi connectivity index (χ4n) is 3.39. The summed E-state index contributed by atoms with van der Waals surface area (Å²) in [4.78, 5) is 22.3. The van der Waals surface area contributed by atoms with Gasteiger partial charge in [-0.2, -0.15) is 5.26 Å². The maximum atomic E-state index is 13.0. The van der Waals surface area contributed by atoms with Crippen LogP contribution in [0.4, 0.5) is 0 Å². The molecular weight excluding hydrogens is 342 g/mol. The van der Waals surface area contributed by atoms with Crippen LogP contribution in [0.5, 0.6) is 5.75 Å². The number of fused-ring (bicyclic) bond motifs is 2. The van der Waals surface area contributed by atoms with Gasteiger partial charge < -0.3 is 15.0 Å². The molecule has 1 aliphatic rings. The highest BCUT2D eigenvalue weighted by molar-refractivity contribution is 5.74. The fourth-order valence-corrected chi connectivity index (χ4v) is 3.39. The summed E-state index contributed by atoms with van der Waals surface area (Å²) >= 11 is 0. The van der Waals surface area contributed by atoms with E-state index in [9.17, 15) is 10.1 Å². The molecule has 2 N–H and O–H groups in total. The standard InChI is InChI=1S/C20H17N5O2/c1-10-8-15-17(20(26)25(10)3)16(12(9-21)19(22)27-15)18-11(2)23-13-6-4-5-7-14(13)24-18/h4-8,16H,22H2,1-3H3. The van der Waals surface area contributed by atoms with E-state index in [1.807, 2.05) is 31.2 Å². The lowest BCUT2D eigenvalue weighted by molar-refractivity contribution is 0.388. The predicted molar refractivity (Wildman–Crippen MR) is 100.0 cm³/mol. The number of hydrogen-bond acceptors (Lipinski definition) is 6. The zero-order valence-corrected chi connectivity index (χ0v) is 15.1. The summed E-state index contributed by atoms with van der Waals surface area (Å²) in [5.41, 5.74) is 9.60. The molecule has 0 radical (unpaired) electrons. The molecule has 1 unspecified atom stereocenters. The first kappa shape index (κ1) is 16.8. The summed E-state index contributed by atoms with van der Waals surface area (Å²) in [6, 6.07) is 11.3. The Labute approximate surface area is 155 Å².